The van der Waals surface area contributed by atoms with Crippen LogP contribution in [0.1, 0.15) is 24.2 Å². The van der Waals surface area contributed by atoms with E-state index in [-0.39, 0.29) is 11.9 Å². The Bertz CT molecular complexity index is 964. The Kier molecular flexibility index (Phi) is 5.49. The van der Waals surface area contributed by atoms with Crippen molar-refractivity contribution in [2.24, 2.45) is 0 Å². The first-order valence-electron chi connectivity index (χ1n) is 7.85. The number of halogens is 1. The summed E-state index contributed by atoms with van der Waals surface area (Å²) in [6.07, 6.45) is 4.96. The van der Waals surface area contributed by atoms with E-state index in [1.807, 2.05) is 35.0 Å². The lowest BCUT2D eigenvalue weighted by Gasteiger charge is -2.17. The number of carbonyl (C=O) groups is 1. The fourth-order valence-electron chi connectivity index (χ4n) is 2.60. The van der Waals surface area contributed by atoms with Crippen LogP contribution in [0.4, 0.5) is 0 Å². The molecule has 0 bridgehead atoms. The molecular weight excluding hydrogens is 374 g/mol. The number of hydrogen-bond donors (Lipinski definition) is 1. The summed E-state index contributed by atoms with van der Waals surface area (Å²) in [7, 11) is 3.18. The van der Waals surface area contributed by atoms with Gasteiger partial charge < -0.3 is 14.8 Å². The molecule has 136 valence electrons. The summed E-state index contributed by atoms with van der Waals surface area (Å²) in [5.74, 6) is 1.11. The maximum absolute atomic E-state index is 12.3. The molecule has 0 spiro atoms. The Labute approximate surface area is 160 Å². The maximum atomic E-state index is 12.3. The molecule has 0 aliphatic carbocycles. The molecule has 8 heteroatoms. The monoisotopic (exact) mass is 391 g/mol. The third-order valence-corrected chi connectivity index (χ3v) is 4.95. The van der Waals surface area contributed by atoms with Gasteiger partial charge in [0.25, 0.3) is 0 Å². The molecule has 2 aromatic heterocycles. The highest BCUT2D eigenvalue weighted by Crippen LogP contribution is 2.29. The summed E-state index contributed by atoms with van der Waals surface area (Å²) < 4.78 is 12.4. The number of ether oxygens (including phenoxy) is 2. The summed E-state index contributed by atoms with van der Waals surface area (Å²) in [5, 5.41) is 5.19. The highest BCUT2D eigenvalue weighted by Gasteiger charge is 2.14. The standard InChI is InChI=1S/C18H18ClN3O3S/c1-11(13-5-4-12(24-2)10-15(13)25-3)20-16(23)7-6-14-17(19)21-18-22(14)8-9-26-18/h4-11H,1-3H3,(H,20,23)/b7-6+. The first-order chi connectivity index (χ1) is 12.5. The first-order valence-corrected chi connectivity index (χ1v) is 9.10. The number of imidazole rings is 1. The number of nitrogens with zero attached hydrogens (tertiary/aromatic N) is 2. The molecular formula is C18H18ClN3O3S. The van der Waals surface area contributed by atoms with Crippen molar-refractivity contribution in [2.75, 3.05) is 14.2 Å². The minimum Gasteiger partial charge on any atom is -0.497 e. The minimum absolute atomic E-state index is 0.239. The van der Waals surface area contributed by atoms with Crippen molar-refractivity contribution in [2.45, 2.75) is 13.0 Å². The van der Waals surface area contributed by atoms with Gasteiger partial charge in [0.15, 0.2) is 10.1 Å². The SMILES string of the molecule is COc1ccc(C(C)NC(=O)/C=C/c2c(Cl)nc3sccn23)c(OC)c1. The van der Waals surface area contributed by atoms with Gasteiger partial charge in [0.2, 0.25) is 5.91 Å². The fourth-order valence-corrected chi connectivity index (χ4v) is 3.60. The highest BCUT2D eigenvalue weighted by atomic mass is 35.5. The van der Waals surface area contributed by atoms with Gasteiger partial charge in [-0.15, -0.1) is 11.3 Å². The van der Waals surface area contributed by atoms with Crippen LogP contribution in [0, 0.1) is 0 Å². The van der Waals surface area contributed by atoms with E-state index in [9.17, 15) is 4.79 Å². The predicted molar refractivity (Wildman–Crippen MR) is 103 cm³/mol. The molecule has 6 nitrogen and oxygen atoms in total. The van der Waals surface area contributed by atoms with Crippen LogP contribution in [-0.2, 0) is 4.79 Å². The summed E-state index contributed by atoms with van der Waals surface area (Å²) in [4.78, 5) is 17.3. The lowest BCUT2D eigenvalue weighted by atomic mass is 10.1. The minimum atomic E-state index is -0.241. The Morgan fingerprint density at radius 1 is 1.38 bits per heavy atom. The van der Waals surface area contributed by atoms with Crippen LogP contribution in [0.5, 0.6) is 11.5 Å². The summed E-state index contributed by atoms with van der Waals surface area (Å²) in [6, 6.07) is 5.24. The second-order valence-electron chi connectivity index (χ2n) is 5.51. The van der Waals surface area contributed by atoms with Gasteiger partial charge in [0.1, 0.15) is 11.5 Å². The zero-order chi connectivity index (χ0) is 18.7. The van der Waals surface area contributed by atoms with Crippen LogP contribution in [-0.4, -0.2) is 29.5 Å². The number of thiazole rings is 1. The molecule has 3 rings (SSSR count). The third kappa shape index (κ3) is 3.68. The zero-order valence-electron chi connectivity index (χ0n) is 14.5. The lowest BCUT2D eigenvalue weighted by molar-refractivity contribution is -0.117. The van der Waals surface area contributed by atoms with Crippen LogP contribution in [0.2, 0.25) is 5.15 Å². The number of methoxy groups -OCH3 is 2. The van der Waals surface area contributed by atoms with E-state index >= 15 is 0 Å². The molecule has 1 N–H and O–H groups in total. The molecule has 0 radical (unpaired) electrons. The van der Waals surface area contributed by atoms with Crippen molar-refractivity contribution in [3.05, 3.63) is 52.3 Å². The van der Waals surface area contributed by atoms with Crippen LogP contribution >= 0.6 is 22.9 Å². The van der Waals surface area contributed by atoms with Crippen molar-refractivity contribution < 1.29 is 14.3 Å². The normalized spacial score (nSPS) is 12.5. The van der Waals surface area contributed by atoms with Crippen molar-refractivity contribution in [3.63, 3.8) is 0 Å². The number of rotatable bonds is 6. The Morgan fingerprint density at radius 2 is 2.19 bits per heavy atom. The Morgan fingerprint density at radius 3 is 2.92 bits per heavy atom. The number of nitrogens with one attached hydrogen (secondary N) is 1. The van der Waals surface area contributed by atoms with Gasteiger partial charge in [0, 0.05) is 29.3 Å². The van der Waals surface area contributed by atoms with Crippen LogP contribution in [0.3, 0.4) is 0 Å². The Balaban J connectivity index is 1.73. The fraction of sp³-hybridized carbons (Fsp3) is 0.222. The molecule has 1 aromatic carbocycles. The van der Waals surface area contributed by atoms with E-state index < -0.39 is 0 Å². The van der Waals surface area contributed by atoms with E-state index in [4.69, 9.17) is 21.1 Å². The van der Waals surface area contributed by atoms with E-state index in [0.29, 0.717) is 22.3 Å². The summed E-state index contributed by atoms with van der Waals surface area (Å²) in [5.41, 5.74) is 1.53. The number of fused-ring (bicyclic) bond motifs is 1. The average molecular weight is 392 g/mol. The quantitative estimate of drug-likeness (QED) is 0.646. The number of hydrogen-bond acceptors (Lipinski definition) is 5. The van der Waals surface area contributed by atoms with Gasteiger partial charge in [-0.2, -0.15) is 0 Å². The second-order valence-corrected chi connectivity index (χ2v) is 6.75. The van der Waals surface area contributed by atoms with Gasteiger partial charge in [-0.25, -0.2) is 4.98 Å². The average Bonchev–Trinajstić information content (AvgIpc) is 3.19. The van der Waals surface area contributed by atoms with Crippen molar-refractivity contribution >= 4 is 39.9 Å². The summed E-state index contributed by atoms with van der Waals surface area (Å²) >= 11 is 7.61. The van der Waals surface area contributed by atoms with E-state index in [1.165, 1.54) is 17.4 Å². The van der Waals surface area contributed by atoms with Gasteiger partial charge >= 0.3 is 0 Å². The molecule has 0 aliphatic heterocycles. The molecule has 0 saturated carbocycles. The Hall–Kier alpha value is -2.51. The number of amides is 1. The van der Waals surface area contributed by atoms with E-state index in [0.717, 1.165) is 10.5 Å². The zero-order valence-corrected chi connectivity index (χ0v) is 16.1. The molecule has 1 unspecified atom stereocenters. The summed E-state index contributed by atoms with van der Waals surface area (Å²) in [6.45, 7) is 1.89. The largest absolute Gasteiger partial charge is 0.497 e. The van der Waals surface area contributed by atoms with Gasteiger partial charge in [-0.3, -0.25) is 9.20 Å². The maximum Gasteiger partial charge on any atom is 0.244 e. The number of benzene rings is 1. The molecule has 1 amide bonds. The first kappa shape index (κ1) is 18.3. The van der Waals surface area contributed by atoms with Gasteiger partial charge in [-0.05, 0) is 25.1 Å². The van der Waals surface area contributed by atoms with Gasteiger partial charge in [0.05, 0.1) is 26.0 Å². The van der Waals surface area contributed by atoms with E-state index in [1.54, 1.807) is 26.4 Å². The lowest BCUT2D eigenvalue weighted by Crippen LogP contribution is -2.25. The third-order valence-electron chi connectivity index (χ3n) is 3.91. The van der Waals surface area contributed by atoms with E-state index in [2.05, 4.69) is 10.3 Å². The molecule has 2 heterocycles. The molecule has 26 heavy (non-hydrogen) atoms. The molecule has 0 aliphatic rings. The van der Waals surface area contributed by atoms with Crippen LogP contribution in [0.15, 0.2) is 35.9 Å². The topological polar surface area (TPSA) is 64.9 Å². The van der Waals surface area contributed by atoms with Gasteiger partial charge in [-0.1, -0.05) is 11.6 Å². The van der Waals surface area contributed by atoms with Crippen molar-refractivity contribution in [1.82, 2.24) is 14.7 Å². The van der Waals surface area contributed by atoms with Crippen molar-refractivity contribution in [1.29, 1.82) is 0 Å². The highest BCUT2D eigenvalue weighted by molar-refractivity contribution is 7.15. The molecule has 0 fully saturated rings. The second kappa shape index (κ2) is 7.80. The number of carbonyl (C=O) groups excluding carboxylic acids is 1. The molecule has 1 atom stereocenters. The molecule has 3 aromatic rings. The predicted octanol–water partition coefficient (Wildman–Crippen LogP) is 3.96. The number of aromatic nitrogens is 2. The molecule has 0 saturated heterocycles. The van der Waals surface area contributed by atoms with Crippen LogP contribution < -0.4 is 14.8 Å². The van der Waals surface area contributed by atoms with Crippen molar-refractivity contribution in [3.8, 4) is 11.5 Å². The smallest absolute Gasteiger partial charge is 0.244 e. The van der Waals surface area contributed by atoms with Crippen LogP contribution in [0.25, 0.3) is 11.0 Å².